The van der Waals surface area contributed by atoms with Crippen molar-refractivity contribution in [2.75, 3.05) is 5.32 Å². The minimum absolute atomic E-state index is 0.373. The van der Waals surface area contributed by atoms with E-state index >= 15 is 0 Å². The standard InChI is InChI=1S/C12H13ClN2/c1-8(2)14-11-7-6-9-4-3-5-10(13)12(9)15-11/h3-8H,1-2H3,(H,14,15). The van der Waals surface area contributed by atoms with Crippen LogP contribution >= 0.6 is 11.6 Å². The number of aromatic nitrogens is 1. The number of fused-ring (bicyclic) bond motifs is 1. The van der Waals surface area contributed by atoms with Gasteiger partial charge in [0.2, 0.25) is 0 Å². The van der Waals surface area contributed by atoms with Crippen LogP contribution in [-0.4, -0.2) is 11.0 Å². The molecule has 15 heavy (non-hydrogen) atoms. The smallest absolute Gasteiger partial charge is 0.126 e. The highest BCUT2D eigenvalue weighted by Gasteiger charge is 2.02. The van der Waals surface area contributed by atoms with Gasteiger partial charge in [-0.25, -0.2) is 4.98 Å². The first-order valence-electron chi connectivity index (χ1n) is 4.98. The predicted molar refractivity (Wildman–Crippen MR) is 65.5 cm³/mol. The van der Waals surface area contributed by atoms with Crippen molar-refractivity contribution in [1.29, 1.82) is 0 Å². The lowest BCUT2D eigenvalue weighted by molar-refractivity contribution is 0.891. The molecule has 1 aromatic heterocycles. The SMILES string of the molecule is CC(C)Nc1ccc2cccc(Cl)c2n1. The molecule has 0 aliphatic rings. The minimum atomic E-state index is 0.373. The van der Waals surface area contributed by atoms with Gasteiger partial charge in [0.25, 0.3) is 0 Å². The number of nitrogens with one attached hydrogen (secondary N) is 1. The van der Waals surface area contributed by atoms with Gasteiger partial charge in [-0.3, -0.25) is 0 Å². The van der Waals surface area contributed by atoms with Gasteiger partial charge in [-0.05, 0) is 32.0 Å². The van der Waals surface area contributed by atoms with Crippen LogP contribution in [0.4, 0.5) is 5.82 Å². The van der Waals surface area contributed by atoms with Crippen LogP contribution in [0, 0.1) is 0 Å². The fraction of sp³-hybridized carbons (Fsp3) is 0.250. The maximum atomic E-state index is 6.08. The maximum Gasteiger partial charge on any atom is 0.126 e. The van der Waals surface area contributed by atoms with Crippen LogP contribution < -0.4 is 5.32 Å². The molecule has 0 spiro atoms. The number of nitrogens with zero attached hydrogens (tertiary/aromatic N) is 1. The second kappa shape index (κ2) is 4.07. The van der Waals surface area contributed by atoms with Crippen LogP contribution in [0.5, 0.6) is 0 Å². The van der Waals surface area contributed by atoms with E-state index in [4.69, 9.17) is 11.6 Å². The Morgan fingerprint density at radius 3 is 2.73 bits per heavy atom. The van der Waals surface area contributed by atoms with Gasteiger partial charge in [0.05, 0.1) is 10.5 Å². The van der Waals surface area contributed by atoms with Crippen molar-refractivity contribution in [3.8, 4) is 0 Å². The largest absolute Gasteiger partial charge is 0.368 e. The van der Waals surface area contributed by atoms with E-state index in [9.17, 15) is 0 Å². The first-order chi connectivity index (χ1) is 7.16. The molecular formula is C12H13ClN2. The molecule has 3 heteroatoms. The maximum absolute atomic E-state index is 6.08. The summed E-state index contributed by atoms with van der Waals surface area (Å²) in [7, 11) is 0. The molecule has 1 aromatic carbocycles. The number of para-hydroxylation sites is 1. The molecule has 0 fully saturated rings. The summed E-state index contributed by atoms with van der Waals surface area (Å²) < 4.78 is 0. The number of anilines is 1. The van der Waals surface area contributed by atoms with Crippen LogP contribution in [0.25, 0.3) is 10.9 Å². The number of hydrogen-bond acceptors (Lipinski definition) is 2. The molecule has 0 aliphatic carbocycles. The Bertz CT molecular complexity index is 480. The second-order valence-electron chi connectivity index (χ2n) is 3.81. The van der Waals surface area contributed by atoms with E-state index in [1.54, 1.807) is 0 Å². The number of halogens is 1. The normalized spacial score (nSPS) is 10.9. The van der Waals surface area contributed by atoms with Crippen LogP contribution in [0.1, 0.15) is 13.8 Å². The van der Waals surface area contributed by atoms with Gasteiger partial charge in [-0.15, -0.1) is 0 Å². The molecule has 0 radical (unpaired) electrons. The van der Waals surface area contributed by atoms with Gasteiger partial charge in [0.1, 0.15) is 5.82 Å². The zero-order valence-electron chi connectivity index (χ0n) is 8.79. The molecule has 1 heterocycles. The van der Waals surface area contributed by atoms with Gasteiger partial charge in [-0.2, -0.15) is 0 Å². The molecule has 2 nitrogen and oxygen atoms in total. The van der Waals surface area contributed by atoms with Crippen molar-refractivity contribution in [3.05, 3.63) is 35.4 Å². The molecule has 78 valence electrons. The predicted octanol–water partition coefficient (Wildman–Crippen LogP) is 3.71. The number of rotatable bonds is 2. The Morgan fingerprint density at radius 1 is 1.20 bits per heavy atom. The fourth-order valence-corrected chi connectivity index (χ4v) is 1.71. The quantitative estimate of drug-likeness (QED) is 0.835. The zero-order valence-corrected chi connectivity index (χ0v) is 9.55. The molecule has 2 rings (SSSR count). The second-order valence-corrected chi connectivity index (χ2v) is 4.21. The van der Waals surface area contributed by atoms with E-state index in [0.717, 1.165) is 16.7 Å². The lowest BCUT2D eigenvalue weighted by Gasteiger charge is -2.09. The third kappa shape index (κ3) is 2.21. The first-order valence-corrected chi connectivity index (χ1v) is 5.36. The molecule has 0 atom stereocenters. The van der Waals surface area contributed by atoms with Crippen LogP contribution in [0.3, 0.4) is 0 Å². The van der Waals surface area contributed by atoms with Crippen LogP contribution in [0.2, 0.25) is 5.02 Å². The van der Waals surface area contributed by atoms with Crippen molar-refractivity contribution in [2.45, 2.75) is 19.9 Å². The lowest BCUT2D eigenvalue weighted by Crippen LogP contribution is -2.10. The van der Waals surface area contributed by atoms with Crippen LogP contribution in [0.15, 0.2) is 30.3 Å². The third-order valence-corrected chi connectivity index (χ3v) is 2.41. The summed E-state index contributed by atoms with van der Waals surface area (Å²) in [6, 6.07) is 10.2. The summed E-state index contributed by atoms with van der Waals surface area (Å²) in [5.41, 5.74) is 0.852. The molecule has 0 bridgehead atoms. The highest BCUT2D eigenvalue weighted by molar-refractivity contribution is 6.35. The monoisotopic (exact) mass is 220 g/mol. The fourth-order valence-electron chi connectivity index (χ4n) is 1.49. The molecule has 0 amide bonds. The summed E-state index contributed by atoms with van der Waals surface area (Å²) in [6.07, 6.45) is 0. The summed E-state index contributed by atoms with van der Waals surface area (Å²) in [5.74, 6) is 0.866. The Labute approximate surface area is 94.3 Å². The van der Waals surface area contributed by atoms with E-state index in [0.29, 0.717) is 11.1 Å². The molecule has 0 saturated heterocycles. The highest BCUT2D eigenvalue weighted by Crippen LogP contribution is 2.22. The molecule has 0 saturated carbocycles. The topological polar surface area (TPSA) is 24.9 Å². The molecule has 1 N–H and O–H groups in total. The average Bonchev–Trinajstić information content (AvgIpc) is 2.18. The van der Waals surface area contributed by atoms with Crippen molar-refractivity contribution in [1.82, 2.24) is 4.98 Å². The van der Waals surface area contributed by atoms with Crippen molar-refractivity contribution < 1.29 is 0 Å². The number of hydrogen-bond donors (Lipinski definition) is 1. The highest BCUT2D eigenvalue weighted by atomic mass is 35.5. The zero-order chi connectivity index (χ0) is 10.8. The van der Waals surface area contributed by atoms with Gasteiger partial charge in [0.15, 0.2) is 0 Å². The van der Waals surface area contributed by atoms with Crippen molar-refractivity contribution >= 4 is 28.3 Å². The number of benzene rings is 1. The Hall–Kier alpha value is -1.28. The molecule has 2 aromatic rings. The van der Waals surface area contributed by atoms with Gasteiger partial charge >= 0.3 is 0 Å². The molecule has 0 unspecified atom stereocenters. The molecular weight excluding hydrogens is 208 g/mol. The first kappa shape index (κ1) is 10.2. The Balaban J connectivity index is 2.50. The summed E-state index contributed by atoms with van der Waals surface area (Å²) in [6.45, 7) is 4.16. The van der Waals surface area contributed by atoms with Crippen LogP contribution in [-0.2, 0) is 0 Å². The minimum Gasteiger partial charge on any atom is -0.368 e. The van der Waals surface area contributed by atoms with E-state index in [1.165, 1.54) is 0 Å². The Kier molecular flexibility index (Phi) is 2.78. The molecule has 0 aliphatic heterocycles. The van der Waals surface area contributed by atoms with Crippen molar-refractivity contribution in [3.63, 3.8) is 0 Å². The van der Waals surface area contributed by atoms with Gasteiger partial charge in [-0.1, -0.05) is 23.7 Å². The Morgan fingerprint density at radius 2 is 2.00 bits per heavy atom. The summed E-state index contributed by atoms with van der Waals surface area (Å²) in [4.78, 5) is 4.47. The van der Waals surface area contributed by atoms with E-state index in [1.807, 2.05) is 30.3 Å². The van der Waals surface area contributed by atoms with Gasteiger partial charge < -0.3 is 5.32 Å². The third-order valence-electron chi connectivity index (χ3n) is 2.11. The van der Waals surface area contributed by atoms with E-state index < -0.39 is 0 Å². The van der Waals surface area contributed by atoms with Crippen molar-refractivity contribution in [2.24, 2.45) is 0 Å². The summed E-state index contributed by atoms with van der Waals surface area (Å²) in [5, 5.41) is 5.02. The lowest BCUT2D eigenvalue weighted by atomic mass is 10.2. The number of pyridine rings is 1. The van der Waals surface area contributed by atoms with E-state index in [2.05, 4.69) is 24.1 Å². The van der Waals surface area contributed by atoms with Gasteiger partial charge in [0, 0.05) is 11.4 Å². The average molecular weight is 221 g/mol. The van der Waals surface area contributed by atoms with E-state index in [-0.39, 0.29) is 0 Å². The summed E-state index contributed by atoms with van der Waals surface area (Å²) >= 11 is 6.08.